The molecule has 0 bridgehead atoms. The monoisotopic (exact) mass is 296 g/mol. The van der Waals surface area contributed by atoms with Crippen LogP contribution in [0.5, 0.6) is 0 Å². The Morgan fingerprint density at radius 1 is 1.31 bits per heavy atom. The molecule has 1 aromatic heterocycles. The van der Waals surface area contributed by atoms with E-state index in [4.69, 9.17) is 11.6 Å². The summed E-state index contributed by atoms with van der Waals surface area (Å²) in [7, 11) is 0. The molecule has 1 aliphatic carbocycles. The van der Waals surface area contributed by atoms with E-state index in [-0.39, 0.29) is 0 Å². The second-order valence-corrected chi connectivity index (χ2v) is 5.52. The first-order valence-corrected chi connectivity index (χ1v) is 6.46. The Bertz CT molecular complexity index is 579. The van der Waals surface area contributed by atoms with Crippen LogP contribution in [0.1, 0.15) is 30.0 Å². The Labute approximate surface area is 107 Å². The Kier molecular flexibility index (Phi) is 2.41. The zero-order chi connectivity index (χ0) is 11.3. The molecule has 0 saturated heterocycles. The zero-order valence-corrected chi connectivity index (χ0v) is 11.1. The average molecular weight is 298 g/mol. The first-order chi connectivity index (χ1) is 7.66. The molecule has 16 heavy (non-hydrogen) atoms. The van der Waals surface area contributed by atoms with E-state index in [2.05, 4.69) is 26.1 Å². The molecule has 0 N–H and O–H groups in total. The molecule has 0 aliphatic heterocycles. The maximum atomic E-state index is 6.14. The Morgan fingerprint density at radius 2 is 2.06 bits per heavy atom. The highest BCUT2D eigenvalue weighted by Crippen LogP contribution is 2.44. The van der Waals surface area contributed by atoms with E-state index in [1.165, 1.54) is 18.4 Å². The molecular weight excluding hydrogens is 288 g/mol. The minimum atomic E-state index is 0.662. The van der Waals surface area contributed by atoms with Gasteiger partial charge in [-0.3, -0.25) is 0 Å². The molecule has 3 rings (SSSR count). The van der Waals surface area contributed by atoms with Gasteiger partial charge in [-0.05, 0) is 59.3 Å². The maximum Gasteiger partial charge on any atom is 0.0945 e. The van der Waals surface area contributed by atoms with E-state index in [1.54, 1.807) is 0 Å². The van der Waals surface area contributed by atoms with Gasteiger partial charge in [-0.1, -0.05) is 11.6 Å². The summed E-state index contributed by atoms with van der Waals surface area (Å²) in [5, 5.41) is 10.3. The summed E-state index contributed by atoms with van der Waals surface area (Å²) in [6.45, 7) is 2.02. The molecule has 0 unspecified atom stereocenters. The van der Waals surface area contributed by atoms with Gasteiger partial charge in [0.2, 0.25) is 0 Å². The maximum absolute atomic E-state index is 6.14. The normalized spacial score (nSPS) is 15.7. The van der Waals surface area contributed by atoms with Gasteiger partial charge in [0.05, 0.1) is 16.2 Å². The van der Waals surface area contributed by atoms with E-state index in [9.17, 15) is 0 Å². The molecule has 2 nitrogen and oxygen atoms in total. The SMILES string of the molecule is Cc1nnc2cc(Br)c(Cl)cc2c1C1CC1. The molecule has 2 aromatic rings. The van der Waals surface area contributed by atoms with Crippen LogP contribution in [0.4, 0.5) is 0 Å². The Morgan fingerprint density at radius 3 is 2.75 bits per heavy atom. The Hall–Kier alpha value is -0.670. The fourth-order valence-corrected chi connectivity index (χ4v) is 2.59. The fraction of sp³-hybridized carbons (Fsp3) is 0.333. The number of aryl methyl sites for hydroxylation is 1. The molecule has 0 spiro atoms. The van der Waals surface area contributed by atoms with Gasteiger partial charge >= 0.3 is 0 Å². The first-order valence-electron chi connectivity index (χ1n) is 5.29. The lowest BCUT2D eigenvalue weighted by molar-refractivity contribution is 0.963. The second kappa shape index (κ2) is 3.67. The Balaban J connectivity index is 2.37. The van der Waals surface area contributed by atoms with Crippen LogP contribution in [0, 0.1) is 6.92 Å². The number of hydrogen-bond acceptors (Lipinski definition) is 2. The zero-order valence-electron chi connectivity index (χ0n) is 8.80. The quantitative estimate of drug-likeness (QED) is 0.787. The molecule has 1 heterocycles. The van der Waals surface area contributed by atoms with E-state index in [0.717, 1.165) is 26.1 Å². The van der Waals surface area contributed by atoms with E-state index in [0.29, 0.717) is 5.92 Å². The van der Waals surface area contributed by atoms with Crippen LogP contribution in [0.3, 0.4) is 0 Å². The third-order valence-corrected chi connectivity index (χ3v) is 4.21. The van der Waals surface area contributed by atoms with Crippen molar-refractivity contribution in [3.63, 3.8) is 0 Å². The number of hydrogen-bond donors (Lipinski definition) is 0. The highest BCUT2D eigenvalue weighted by atomic mass is 79.9. The minimum Gasteiger partial charge on any atom is -0.155 e. The number of nitrogens with zero attached hydrogens (tertiary/aromatic N) is 2. The van der Waals surface area contributed by atoms with Crippen molar-refractivity contribution in [3.05, 3.63) is 32.9 Å². The molecule has 0 atom stereocenters. The molecule has 1 aliphatic rings. The van der Waals surface area contributed by atoms with Crippen molar-refractivity contribution in [1.82, 2.24) is 10.2 Å². The number of rotatable bonds is 1. The van der Waals surface area contributed by atoms with Gasteiger partial charge in [0.15, 0.2) is 0 Å². The number of fused-ring (bicyclic) bond motifs is 1. The number of benzene rings is 1. The summed E-state index contributed by atoms with van der Waals surface area (Å²) in [4.78, 5) is 0. The van der Waals surface area contributed by atoms with Crippen LogP contribution in [0.25, 0.3) is 10.9 Å². The molecular formula is C12H10BrClN2. The van der Waals surface area contributed by atoms with Gasteiger partial charge in [0.25, 0.3) is 0 Å². The van der Waals surface area contributed by atoms with E-state index < -0.39 is 0 Å². The van der Waals surface area contributed by atoms with Crippen molar-refractivity contribution in [1.29, 1.82) is 0 Å². The van der Waals surface area contributed by atoms with Crippen LogP contribution < -0.4 is 0 Å². The van der Waals surface area contributed by atoms with E-state index >= 15 is 0 Å². The summed E-state index contributed by atoms with van der Waals surface area (Å²) < 4.78 is 0.876. The van der Waals surface area contributed by atoms with Gasteiger partial charge < -0.3 is 0 Å². The number of halogens is 2. The molecule has 0 radical (unpaired) electrons. The van der Waals surface area contributed by atoms with Crippen LogP contribution >= 0.6 is 27.5 Å². The van der Waals surface area contributed by atoms with Gasteiger partial charge in [-0.25, -0.2) is 0 Å². The topological polar surface area (TPSA) is 25.8 Å². The molecule has 1 saturated carbocycles. The third-order valence-electron chi connectivity index (χ3n) is 3.01. The number of aromatic nitrogens is 2. The van der Waals surface area contributed by atoms with Crippen LogP contribution in [0.2, 0.25) is 5.02 Å². The largest absolute Gasteiger partial charge is 0.155 e. The lowest BCUT2D eigenvalue weighted by atomic mass is 10.0. The van der Waals surface area contributed by atoms with Gasteiger partial charge in [-0.15, -0.1) is 0 Å². The highest BCUT2D eigenvalue weighted by molar-refractivity contribution is 9.10. The summed E-state index contributed by atoms with van der Waals surface area (Å²) in [6, 6.07) is 3.94. The van der Waals surface area contributed by atoms with Crippen molar-refractivity contribution in [2.45, 2.75) is 25.7 Å². The van der Waals surface area contributed by atoms with E-state index in [1.807, 2.05) is 19.1 Å². The van der Waals surface area contributed by atoms with Crippen LogP contribution in [-0.2, 0) is 0 Å². The van der Waals surface area contributed by atoms with Crippen molar-refractivity contribution >= 4 is 38.4 Å². The van der Waals surface area contributed by atoms with Crippen LogP contribution in [0.15, 0.2) is 16.6 Å². The lowest BCUT2D eigenvalue weighted by Crippen LogP contribution is -1.96. The predicted octanol–water partition coefficient (Wildman–Crippen LogP) is 4.23. The standard InChI is InChI=1S/C12H10BrClN2/c1-6-12(7-2-3-7)8-4-10(14)9(13)5-11(8)16-15-6/h4-5,7H,2-3H2,1H3. The van der Waals surface area contributed by atoms with Gasteiger partial charge in [0.1, 0.15) is 0 Å². The first kappa shape index (κ1) is 10.5. The molecule has 82 valence electrons. The third kappa shape index (κ3) is 1.62. The molecule has 0 amide bonds. The van der Waals surface area contributed by atoms with Crippen molar-refractivity contribution < 1.29 is 0 Å². The molecule has 1 fully saturated rings. The van der Waals surface area contributed by atoms with Crippen molar-refractivity contribution in [2.75, 3.05) is 0 Å². The molecule has 1 aromatic carbocycles. The van der Waals surface area contributed by atoms with Gasteiger partial charge in [0, 0.05) is 9.86 Å². The second-order valence-electron chi connectivity index (χ2n) is 4.26. The summed E-state index contributed by atoms with van der Waals surface area (Å²) >= 11 is 9.55. The lowest BCUT2D eigenvalue weighted by Gasteiger charge is -2.08. The fourth-order valence-electron chi connectivity index (χ4n) is 2.10. The smallest absolute Gasteiger partial charge is 0.0945 e. The van der Waals surface area contributed by atoms with Gasteiger partial charge in [-0.2, -0.15) is 10.2 Å². The van der Waals surface area contributed by atoms with Crippen LogP contribution in [-0.4, -0.2) is 10.2 Å². The molecule has 4 heteroatoms. The summed E-state index contributed by atoms with van der Waals surface area (Å²) in [5.41, 5.74) is 3.29. The minimum absolute atomic E-state index is 0.662. The van der Waals surface area contributed by atoms with Crippen molar-refractivity contribution in [2.24, 2.45) is 0 Å². The summed E-state index contributed by atoms with van der Waals surface area (Å²) in [5.74, 6) is 0.662. The predicted molar refractivity (Wildman–Crippen MR) is 69.0 cm³/mol. The highest BCUT2D eigenvalue weighted by Gasteiger charge is 2.28. The van der Waals surface area contributed by atoms with Crippen molar-refractivity contribution in [3.8, 4) is 0 Å². The average Bonchev–Trinajstić information content (AvgIpc) is 3.04. The summed E-state index contributed by atoms with van der Waals surface area (Å²) in [6.07, 6.45) is 2.52.